The molecule has 1 aliphatic rings. The van der Waals surface area contributed by atoms with Gasteiger partial charge >= 0.3 is 0 Å². The molecular formula is C25H21Cl2N3OS3. The first-order valence-electron chi connectivity index (χ1n) is 10.3. The lowest BCUT2D eigenvalue weighted by Crippen LogP contribution is -3.00. The van der Waals surface area contributed by atoms with E-state index < -0.39 is 0 Å². The molecule has 0 spiro atoms. The molecule has 2 aromatic heterocycles. The Labute approximate surface area is 221 Å². The number of hydrogen-bond donors (Lipinski definition) is 0. The van der Waals surface area contributed by atoms with Crippen molar-refractivity contribution in [3.63, 3.8) is 0 Å². The second kappa shape index (κ2) is 10.5. The topological polar surface area (TPSA) is 29.1 Å². The van der Waals surface area contributed by atoms with Gasteiger partial charge in [-0.25, -0.2) is 0 Å². The molecule has 0 saturated carbocycles. The summed E-state index contributed by atoms with van der Waals surface area (Å²) in [4.78, 5) is 16.6. The highest BCUT2D eigenvalue weighted by atomic mass is 35.5. The van der Waals surface area contributed by atoms with Crippen LogP contribution in [0.25, 0.3) is 11.1 Å². The van der Waals surface area contributed by atoms with E-state index in [2.05, 4.69) is 58.0 Å². The molecule has 34 heavy (non-hydrogen) atoms. The Morgan fingerprint density at radius 1 is 1.18 bits per heavy atom. The first-order chi connectivity index (χ1) is 16.0. The number of fused-ring (bicyclic) bond motifs is 1. The molecular weight excluding hydrogens is 525 g/mol. The molecule has 174 valence electrons. The van der Waals surface area contributed by atoms with Crippen LogP contribution in [0.1, 0.15) is 10.6 Å². The Morgan fingerprint density at radius 3 is 2.74 bits per heavy atom. The maximum Gasteiger partial charge on any atom is 0.272 e. The molecule has 0 amide bonds. The SMILES string of the molecule is C=CCn1c(=O)/c(=C2\Sc3cc(Cl)ccc3N2C)s/c1=C\c1scc[n+]1Cc1ccccc1.[Cl-]. The standard InChI is InChI=1S/C25H21ClN3OS3.ClH/c1-3-11-29-22(15-21-28(12-13-31-21)16-17-7-5-4-6-8-17)33-23(24(29)30)25-27(2)19-10-9-18(26)14-20(19)32-25;/h3-10,12-15H,1,11,16H2,2H3;1H/q+1;/p-1/b25-23+;. The second-order valence-corrected chi connectivity index (χ2v) is 11.0. The summed E-state index contributed by atoms with van der Waals surface area (Å²) in [6.07, 6.45) is 5.97. The van der Waals surface area contributed by atoms with E-state index in [-0.39, 0.29) is 18.0 Å². The zero-order chi connectivity index (χ0) is 22.9. The number of anilines is 1. The van der Waals surface area contributed by atoms with Gasteiger partial charge in [-0.05, 0) is 18.2 Å². The van der Waals surface area contributed by atoms with Crippen molar-refractivity contribution in [1.29, 1.82) is 0 Å². The summed E-state index contributed by atoms with van der Waals surface area (Å²) >= 11 is 11.0. The molecule has 0 saturated heterocycles. The Kier molecular flexibility index (Phi) is 7.70. The van der Waals surface area contributed by atoms with Crippen molar-refractivity contribution in [2.24, 2.45) is 0 Å². The maximum absolute atomic E-state index is 13.5. The first-order valence-corrected chi connectivity index (χ1v) is 13.2. The van der Waals surface area contributed by atoms with Gasteiger partial charge < -0.3 is 17.3 Å². The summed E-state index contributed by atoms with van der Waals surface area (Å²) in [7, 11) is 2.00. The van der Waals surface area contributed by atoms with Gasteiger partial charge in [0.05, 0.1) is 17.1 Å². The Hall–Kier alpha value is -2.29. The fraction of sp³-hybridized carbons (Fsp3) is 0.120. The van der Waals surface area contributed by atoms with Crippen molar-refractivity contribution < 1.29 is 17.0 Å². The molecule has 4 nitrogen and oxygen atoms in total. The zero-order valence-corrected chi connectivity index (χ0v) is 22.2. The van der Waals surface area contributed by atoms with Gasteiger partial charge in [-0.2, -0.15) is 4.57 Å². The summed E-state index contributed by atoms with van der Waals surface area (Å²) in [5, 5.41) is 4.80. The molecule has 0 unspecified atom stereocenters. The summed E-state index contributed by atoms with van der Waals surface area (Å²) in [5.74, 6) is 0. The molecule has 5 rings (SSSR count). The third-order valence-electron chi connectivity index (χ3n) is 5.37. The lowest BCUT2D eigenvalue weighted by molar-refractivity contribution is -0.685. The van der Waals surface area contributed by atoms with Gasteiger partial charge in [-0.15, -0.1) is 17.9 Å². The van der Waals surface area contributed by atoms with Crippen LogP contribution in [0, 0.1) is 0 Å². The van der Waals surface area contributed by atoms with Crippen molar-refractivity contribution in [3.05, 3.63) is 108 Å². The molecule has 0 N–H and O–H groups in total. The minimum atomic E-state index is 0. The predicted molar refractivity (Wildman–Crippen MR) is 141 cm³/mol. The maximum atomic E-state index is 13.5. The highest BCUT2D eigenvalue weighted by molar-refractivity contribution is 8.08. The van der Waals surface area contributed by atoms with E-state index in [1.165, 1.54) is 16.9 Å². The molecule has 4 aromatic rings. The van der Waals surface area contributed by atoms with E-state index in [1.54, 1.807) is 33.7 Å². The van der Waals surface area contributed by atoms with E-state index >= 15 is 0 Å². The lowest BCUT2D eigenvalue weighted by atomic mass is 10.2. The average molecular weight is 547 g/mol. The predicted octanol–water partition coefficient (Wildman–Crippen LogP) is 1.29. The Morgan fingerprint density at radius 2 is 1.97 bits per heavy atom. The van der Waals surface area contributed by atoms with Crippen LogP contribution in [0.3, 0.4) is 0 Å². The van der Waals surface area contributed by atoms with Crippen LogP contribution in [-0.2, 0) is 13.1 Å². The Bertz CT molecular complexity index is 1520. The third-order valence-corrected chi connectivity index (χ3v) is 8.92. The number of benzene rings is 2. The molecule has 3 heterocycles. The summed E-state index contributed by atoms with van der Waals surface area (Å²) in [6, 6.07) is 16.2. The van der Waals surface area contributed by atoms with Crippen LogP contribution in [-0.4, -0.2) is 11.6 Å². The highest BCUT2D eigenvalue weighted by Gasteiger charge is 2.25. The average Bonchev–Trinajstić information content (AvgIpc) is 3.47. The minimum Gasteiger partial charge on any atom is -1.00 e. The first kappa shape index (κ1) is 24.8. The van der Waals surface area contributed by atoms with Gasteiger partial charge in [0, 0.05) is 29.1 Å². The molecule has 2 aromatic carbocycles. The van der Waals surface area contributed by atoms with Crippen molar-refractivity contribution in [1.82, 2.24) is 4.57 Å². The molecule has 9 heteroatoms. The van der Waals surface area contributed by atoms with Crippen LogP contribution in [0.2, 0.25) is 5.02 Å². The van der Waals surface area contributed by atoms with Gasteiger partial charge in [-0.3, -0.25) is 9.36 Å². The van der Waals surface area contributed by atoms with Crippen molar-refractivity contribution in [3.8, 4) is 0 Å². The smallest absolute Gasteiger partial charge is 0.272 e. The van der Waals surface area contributed by atoms with Crippen molar-refractivity contribution in [2.45, 2.75) is 18.0 Å². The van der Waals surface area contributed by atoms with Crippen LogP contribution in [0.4, 0.5) is 5.69 Å². The van der Waals surface area contributed by atoms with Crippen molar-refractivity contribution >= 4 is 62.8 Å². The van der Waals surface area contributed by atoms with E-state index in [9.17, 15) is 4.79 Å². The van der Waals surface area contributed by atoms with Crippen LogP contribution in [0.5, 0.6) is 0 Å². The fourth-order valence-corrected chi connectivity index (χ4v) is 7.28. The molecule has 0 atom stereocenters. The molecule has 0 radical (unpaired) electrons. The number of thioether (sulfide) groups is 1. The minimum absolute atomic E-state index is 0. The number of hydrogen-bond acceptors (Lipinski definition) is 5. The van der Waals surface area contributed by atoms with Gasteiger partial charge in [0.25, 0.3) is 10.6 Å². The lowest BCUT2D eigenvalue weighted by Gasteiger charge is -2.12. The fourth-order valence-electron chi connectivity index (χ4n) is 3.75. The number of halogens is 2. The van der Waals surface area contributed by atoms with E-state index in [4.69, 9.17) is 11.6 Å². The number of allylic oxidation sites excluding steroid dienone is 1. The molecule has 0 aliphatic carbocycles. The normalized spacial score (nSPS) is 14.8. The number of rotatable bonds is 5. The van der Waals surface area contributed by atoms with Gasteiger partial charge in [0.1, 0.15) is 14.2 Å². The molecule has 0 bridgehead atoms. The summed E-state index contributed by atoms with van der Waals surface area (Å²) < 4.78 is 5.66. The van der Waals surface area contributed by atoms with E-state index in [0.29, 0.717) is 11.6 Å². The van der Waals surface area contributed by atoms with Crippen LogP contribution >= 0.6 is 46.0 Å². The Balaban J connectivity index is 0.00000274. The largest absolute Gasteiger partial charge is 1.00 e. The van der Waals surface area contributed by atoms with Gasteiger partial charge in [0.15, 0.2) is 12.7 Å². The number of nitrogens with zero attached hydrogens (tertiary/aromatic N) is 3. The van der Waals surface area contributed by atoms with Crippen LogP contribution < -0.4 is 36.6 Å². The summed E-state index contributed by atoms with van der Waals surface area (Å²) in [5.41, 5.74) is 2.30. The van der Waals surface area contributed by atoms with Crippen molar-refractivity contribution in [2.75, 3.05) is 11.9 Å². The zero-order valence-electron chi connectivity index (χ0n) is 18.3. The van der Waals surface area contributed by atoms with Gasteiger partial charge in [-0.1, -0.05) is 71.1 Å². The van der Waals surface area contributed by atoms with Gasteiger partial charge in [0.2, 0.25) is 0 Å². The van der Waals surface area contributed by atoms with E-state index in [0.717, 1.165) is 36.4 Å². The quantitative estimate of drug-likeness (QED) is 0.279. The molecule has 0 fully saturated rings. The van der Waals surface area contributed by atoms with Crippen LogP contribution in [0.15, 0.2) is 82.5 Å². The third kappa shape index (κ3) is 4.76. The monoisotopic (exact) mass is 545 g/mol. The summed E-state index contributed by atoms with van der Waals surface area (Å²) in [6.45, 7) is 5.11. The second-order valence-electron chi connectivity index (χ2n) is 7.55. The van der Waals surface area contributed by atoms with E-state index in [1.807, 2.05) is 31.3 Å². The number of aromatic nitrogens is 2. The number of thiazole rings is 2. The highest BCUT2D eigenvalue weighted by Crippen LogP contribution is 2.46. The molecule has 1 aliphatic heterocycles.